The van der Waals surface area contributed by atoms with Crippen molar-refractivity contribution in [3.8, 4) is 11.3 Å². The van der Waals surface area contributed by atoms with Crippen LogP contribution in [0, 0.1) is 5.92 Å². The molecule has 4 rings (SSSR count). The zero-order chi connectivity index (χ0) is 16.5. The first-order chi connectivity index (χ1) is 11.7. The number of likely N-dealkylation sites (tertiary alicyclic amines) is 1. The molecule has 4 heteroatoms. The zero-order valence-electron chi connectivity index (χ0n) is 14.2. The maximum atomic E-state index is 6.00. The van der Waals surface area contributed by atoms with Crippen LogP contribution in [0.15, 0.2) is 48.7 Å². The Labute approximate surface area is 142 Å². The summed E-state index contributed by atoms with van der Waals surface area (Å²) in [4.78, 5) is 7.45. The highest BCUT2D eigenvalue weighted by molar-refractivity contribution is 5.69. The van der Waals surface area contributed by atoms with Gasteiger partial charge in [-0.15, -0.1) is 0 Å². The zero-order valence-corrected chi connectivity index (χ0v) is 14.2. The number of fused-ring (bicyclic) bond motifs is 1. The smallest absolute Gasteiger partial charge is 0.137 e. The molecule has 0 radical (unpaired) electrons. The van der Waals surface area contributed by atoms with E-state index in [1.165, 1.54) is 25.1 Å². The summed E-state index contributed by atoms with van der Waals surface area (Å²) in [6, 6.07) is 14.2. The van der Waals surface area contributed by atoms with Gasteiger partial charge in [-0.05, 0) is 49.6 Å². The topological polar surface area (TPSA) is 46.6 Å². The molecule has 3 aromatic rings. The fourth-order valence-corrected chi connectivity index (χ4v) is 3.76. The summed E-state index contributed by atoms with van der Waals surface area (Å²) in [7, 11) is 0. The third-order valence-electron chi connectivity index (χ3n) is 4.90. The predicted octanol–water partition coefficient (Wildman–Crippen LogP) is 3.82. The molecule has 24 heavy (non-hydrogen) atoms. The molecule has 1 aromatic carbocycles. The minimum atomic E-state index is 0.772. The highest BCUT2D eigenvalue weighted by Crippen LogP contribution is 2.28. The third-order valence-corrected chi connectivity index (χ3v) is 4.90. The number of nitrogens with two attached hydrogens (primary N) is 1. The van der Waals surface area contributed by atoms with E-state index in [2.05, 4.69) is 40.6 Å². The van der Waals surface area contributed by atoms with Crippen molar-refractivity contribution in [1.82, 2.24) is 14.3 Å². The Balaban J connectivity index is 1.78. The number of piperidine rings is 1. The Kier molecular flexibility index (Phi) is 3.98. The molecule has 1 aliphatic heterocycles. The van der Waals surface area contributed by atoms with Gasteiger partial charge in [-0.3, -0.25) is 4.90 Å². The van der Waals surface area contributed by atoms with Crippen molar-refractivity contribution in [2.24, 2.45) is 5.92 Å². The highest BCUT2D eigenvalue weighted by Gasteiger charge is 2.21. The van der Waals surface area contributed by atoms with Gasteiger partial charge in [0.1, 0.15) is 5.65 Å². The second kappa shape index (κ2) is 6.29. The van der Waals surface area contributed by atoms with Gasteiger partial charge in [0.05, 0.1) is 11.4 Å². The minimum Gasteiger partial charge on any atom is -0.399 e. The van der Waals surface area contributed by atoms with Gasteiger partial charge in [0.25, 0.3) is 0 Å². The van der Waals surface area contributed by atoms with Crippen molar-refractivity contribution < 1.29 is 0 Å². The highest BCUT2D eigenvalue weighted by atomic mass is 15.2. The largest absolute Gasteiger partial charge is 0.399 e. The fourth-order valence-electron chi connectivity index (χ4n) is 3.76. The Hall–Kier alpha value is -2.33. The standard InChI is InChI=1S/C20H24N4/c1-15-6-5-10-23(13-15)14-18-20(16-7-4-8-17(21)12-16)22-19-9-2-3-11-24(18)19/h2-4,7-9,11-12,15H,5-6,10,13-14,21H2,1H3. The number of nitrogens with zero attached hydrogens (tertiary/aromatic N) is 3. The van der Waals surface area contributed by atoms with Crippen molar-refractivity contribution >= 4 is 11.3 Å². The minimum absolute atomic E-state index is 0.772. The number of rotatable bonds is 3. The van der Waals surface area contributed by atoms with Crippen LogP contribution in [-0.2, 0) is 6.54 Å². The Morgan fingerprint density at radius 3 is 2.96 bits per heavy atom. The maximum Gasteiger partial charge on any atom is 0.137 e. The van der Waals surface area contributed by atoms with Crippen molar-refractivity contribution in [2.45, 2.75) is 26.3 Å². The normalized spacial score (nSPS) is 19.0. The molecule has 0 bridgehead atoms. The van der Waals surface area contributed by atoms with Gasteiger partial charge in [0.2, 0.25) is 0 Å². The lowest BCUT2D eigenvalue weighted by molar-refractivity contribution is 0.174. The molecule has 1 saturated heterocycles. The number of anilines is 1. The quantitative estimate of drug-likeness (QED) is 0.746. The molecule has 2 N–H and O–H groups in total. The Morgan fingerprint density at radius 2 is 2.12 bits per heavy atom. The number of hydrogen-bond acceptors (Lipinski definition) is 3. The molecule has 4 nitrogen and oxygen atoms in total. The molecule has 0 spiro atoms. The number of aromatic nitrogens is 2. The van der Waals surface area contributed by atoms with Crippen LogP contribution in [0.25, 0.3) is 16.9 Å². The average Bonchev–Trinajstić information content (AvgIpc) is 2.94. The Morgan fingerprint density at radius 1 is 1.21 bits per heavy atom. The average molecular weight is 320 g/mol. The van der Waals surface area contributed by atoms with Gasteiger partial charge in [-0.2, -0.15) is 0 Å². The van der Waals surface area contributed by atoms with E-state index in [1.54, 1.807) is 0 Å². The lowest BCUT2D eigenvalue weighted by Crippen LogP contribution is -2.34. The number of nitrogen functional groups attached to an aromatic ring is 1. The molecule has 0 aliphatic carbocycles. The molecule has 1 fully saturated rings. The second-order valence-corrected chi connectivity index (χ2v) is 6.94. The lowest BCUT2D eigenvalue weighted by atomic mass is 10.00. The van der Waals surface area contributed by atoms with Crippen molar-refractivity contribution in [3.05, 3.63) is 54.4 Å². The van der Waals surface area contributed by atoms with Crippen LogP contribution in [0.3, 0.4) is 0 Å². The summed E-state index contributed by atoms with van der Waals surface area (Å²) in [6.07, 6.45) is 4.73. The first-order valence-corrected chi connectivity index (χ1v) is 8.75. The van der Waals surface area contributed by atoms with E-state index >= 15 is 0 Å². The number of imidazole rings is 1. The number of benzene rings is 1. The third kappa shape index (κ3) is 2.89. The molecule has 1 unspecified atom stereocenters. The van der Waals surface area contributed by atoms with E-state index in [0.717, 1.165) is 41.6 Å². The van der Waals surface area contributed by atoms with Gasteiger partial charge in [-0.1, -0.05) is 25.1 Å². The monoisotopic (exact) mass is 320 g/mol. The SMILES string of the molecule is CC1CCCN(Cc2c(-c3cccc(N)c3)nc3ccccn23)C1. The molecule has 124 valence electrons. The van der Waals surface area contributed by atoms with E-state index in [9.17, 15) is 0 Å². The molecular formula is C20H24N4. The first kappa shape index (κ1) is 15.2. The van der Waals surface area contributed by atoms with Gasteiger partial charge in [0.15, 0.2) is 0 Å². The molecule has 3 heterocycles. The van der Waals surface area contributed by atoms with Crippen molar-refractivity contribution in [1.29, 1.82) is 0 Å². The second-order valence-electron chi connectivity index (χ2n) is 6.94. The van der Waals surface area contributed by atoms with E-state index in [1.807, 2.05) is 24.3 Å². The van der Waals surface area contributed by atoms with Gasteiger partial charge in [0, 0.05) is 30.5 Å². The summed E-state index contributed by atoms with van der Waals surface area (Å²) in [5, 5.41) is 0. The van der Waals surface area contributed by atoms with E-state index in [-0.39, 0.29) is 0 Å². The summed E-state index contributed by atoms with van der Waals surface area (Å²) in [6.45, 7) is 5.61. The van der Waals surface area contributed by atoms with Crippen LogP contribution in [0.1, 0.15) is 25.5 Å². The molecule has 1 atom stereocenters. The van der Waals surface area contributed by atoms with E-state index in [4.69, 9.17) is 10.7 Å². The van der Waals surface area contributed by atoms with Gasteiger partial charge < -0.3 is 10.1 Å². The molecule has 1 aliphatic rings. The summed E-state index contributed by atoms with van der Waals surface area (Å²) >= 11 is 0. The Bertz CT molecular complexity index is 852. The fraction of sp³-hybridized carbons (Fsp3) is 0.350. The predicted molar refractivity (Wildman–Crippen MR) is 98.7 cm³/mol. The van der Waals surface area contributed by atoms with Gasteiger partial charge >= 0.3 is 0 Å². The van der Waals surface area contributed by atoms with Crippen LogP contribution < -0.4 is 5.73 Å². The maximum absolute atomic E-state index is 6.00. The summed E-state index contributed by atoms with van der Waals surface area (Å²) in [5.74, 6) is 0.772. The van der Waals surface area contributed by atoms with Crippen LogP contribution >= 0.6 is 0 Å². The lowest BCUT2D eigenvalue weighted by Gasteiger charge is -2.30. The number of hydrogen-bond donors (Lipinski definition) is 1. The van der Waals surface area contributed by atoms with Gasteiger partial charge in [-0.25, -0.2) is 4.98 Å². The summed E-state index contributed by atoms with van der Waals surface area (Å²) < 4.78 is 2.22. The van der Waals surface area contributed by atoms with E-state index < -0.39 is 0 Å². The molecule has 0 amide bonds. The van der Waals surface area contributed by atoms with Crippen molar-refractivity contribution in [2.75, 3.05) is 18.8 Å². The summed E-state index contributed by atoms with van der Waals surface area (Å²) in [5.41, 5.74) is 11.2. The molecule has 2 aromatic heterocycles. The van der Waals surface area contributed by atoms with E-state index in [0.29, 0.717) is 0 Å². The molecule has 0 saturated carbocycles. The van der Waals surface area contributed by atoms with Crippen LogP contribution in [0.4, 0.5) is 5.69 Å². The van der Waals surface area contributed by atoms with Crippen molar-refractivity contribution in [3.63, 3.8) is 0 Å². The van der Waals surface area contributed by atoms with Crippen LogP contribution in [-0.4, -0.2) is 27.4 Å². The number of pyridine rings is 1. The van der Waals surface area contributed by atoms with Crippen LogP contribution in [0.5, 0.6) is 0 Å². The first-order valence-electron chi connectivity index (χ1n) is 8.75. The van der Waals surface area contributed by atoms with Crippen LogP contribution in [0.2, 0.25) is 0 Å². The molecular weight excluding hydrogens is 296 g/mol.